The van der Waals surface area contributed by atoms with Crippen LogP contribution in [0.15, 0.2) is 0 Å². The molecular formula is C13H32N2O6P2. The Hall–Kier alpha value is 0.220. The van der Waals surface area contributed by atoms with Crippen molar-refractivity contribution in [3.63, 3.8) is 0 Å². The van der Waals surface area contributed by atoms with Crippen LogP contribution in [0.4, 0.5) is 0 Å². The molecule has 10 heteroatoms. The first-order chi connectivity index (χ1) is 10.4. The van der Waals surface area contributed by atoms with Gasteiger partial charge in [0.25, 0.3) is 0 Å². The third-order valence-electron chi connectivity index (χ3n) is 3.90. The van der Waals surface area contributed by atoms with Gasteiger partial charge in [0, 0.05) is 12.6 Å². The van der Waals surface area contributed by atoms with Gasteiger partial charge < -0.3 is 24.5 Å². The predicted octanol–water partition coefficient (Wildman–Crippen LogP) is 1.71. The lowest BCUT2D eigenvalue weighted by Gasteiger charge is -2.30. The van der Waals surface area contributed by atoms with Gasteiger partial charge in [-0.1, -0.05) is 20.8 Å². The van der Waals surface area contributed by atoms with Gasteiger partial charge in [-0.05, 0) is 38.8 Å². The SMILES string of the molecule is CCN(CC)CC(C)CCC(C)N(CP(=O)(O)O)CP(=O)(O)O. The average Bonchev–Trinajstić information content (AvgIpc) is 2.38. The Balaban J connectivity index is 4.61. The fourth-order valence-corrected chi connectivity index (χ4v) is 4.38. The molecule has 140 valence electrons. The summed E-state index contributed by atoms with van der Waals surface area (Å²) in [6.45, 7) is 10.9. The van der Waals surface area contributed by atoms with E-state index >= 15 is 0 Å². The minimum Gasteiger partial charge on any atom is -0.324 e. The molecule has 0 aromatic heterocycles. The van der Waals surface area contributed by atoms with E-state index in [2.05, 4.69) is 25.7 Å². The van der Waals surface area contributed by atoms with Crippen LogP contribution in [0.5, 0.6) is 0 Å². The lowest BCUT2D eigenvalue weighted by molar-refractivity contribution is 0.202. The minimum atomic E-state index is -4.37. The Kier molecular flexibility index (Phi) is 10.4. The first kappa shape index (κ1) is 23.2. The summed E-state index contributed by atoms with van der Waals surface area (Å²) in [7, 11) is -8.73. The average molecular weight is 374 g/mol. The van der Waals surface area contributed by atoms with Crippen LogP contribution in [-0.2, 0) is 9.13 Å². The largest absolute Gasteiger partial charge is 0.339 e. The topological polar surface area (TPSA) is 122 Å². The summed E-state index contributed by atoms with van der Waals surface area (Å²) in [5.41, 5.74) is 0. The molecule has 0 spiro atoms. The molecule has 0 rings (SSSR count). The van der Waals surface area contributed by atoms with Gasteiger partial charge >= 0.3 is 15.2 Å². The molecule has 0 bridgehead atoms. The fraction of sp³-hybridized carbons (Fsp3) is 1.00. The second-order valence-electron chi connectivity index (χ2n) is 6.22. The first-order valence-electron chi connectivity index (χ1n) is 7.93. The summed E-state index contributed by atoms with van der Waals surface area (Å²) >= 11 is 0. The van der Waals surface area contributed by atoms with Crippen LogP contribution < -0.4 is 0 Å². The Morgan fingerprint density at radius 1 is 0.870 bits per heavy atom. The van der Waals surface area contributed by atoms with Gasteiger partial charge in [0.2, 0.25) is 0 Å². The molecule has 0 saturated carbocycles. The van der Waals surface area contributed by atoms with Crippen molar-refractivity contribution in [1.29, 1.82) is 0 Å². The van der Waals surface area contributed by atoms with Crippen LogP contribution >= 0.6 is 15.2 Å². The van der Waals surface area contributed by atoms with Gasteiger partial charge in [0.05, 0.1) is 0 Å². The standard InChI is InChI=1S/C13H32N2O6P2/c1-5-14(6-2)9-12(3)7-8-13(4)15(10-22(16,17)18)11-23(19,20)21/h12-13H,5-11H2,1-4H3,(H2,16,17,18)(H2,19,20,21). The third-order valence-corrected chi connectivity index (χ3v) is 5.36. The van der Waals surface area contributed by atoms with Crippen molar-refractivity contribution in [3.05, 3.63) is 0 Å². The zero-order chi connectivity index (χ0) is 18.3. The van der Waals surface area contributed by atoms with Crippen LogP contribution in [0.1, 0.15) is 40.5 Å². The molecule has 0 radical (unpaired) electrons. The van der Waals surface area contributed by atoms with Crippen molar-refractivity contribution < 1.29 is 28.7 Å². The molecule has 23 heavy (non-hydrogen) atoms. The highest BCUT2D eigenvalue weighted by molar-refractivity contribution is 7.52. The van der Waals surface area contributed by atoms with Crippen LogP contribution in [-0.4, -0.2) is 67.6 Å². The quantitative estimate of drug-likeness (QED) is 0.381. The summed E-state index contributed by atoms with van der Waals surface area (Å²) in [6, 6.07) is -0.311. The van der Waals surface area contributed by atoms with Crippen LogP contribution in [0.3, 0.4) is 0 Å². The molecule has 2 atom stereocenters. The van der Waals surface area contributed by atoms with E-state index in [0.29, 0.717) is 12.3 Å². The van der Waals surface area contributed by atoms with Gasteiger partial charge in [0.15, 0.2) is 0 Å². The Morgan fingerprint density at radius 3 is 1.65 bits per heavy atom. The van der Waals surface area contributed by atoms with E-state index in [9.17, 15) is 9.13 Å². The Morgan fingerprint density at radius 2 is 1.30 bits per heavy atom. The smallest absolute Gasteiger partial charge is 0.324 e. The van der Waals surface area contributed by atoms with Crippen LogP contribution in [0, 0.1) is 5.92 Å². The molecule has 0 heterocycles. The highest BCUT2D eigenvalue weighted by atomic mass is 31.2. The van der Waals surface area contributed by atoms with E-state index in [4.69, 9.17) is 19.6 Å². The van der Waals surface area contributed by atoms with Crippen LogP contribution in [0.2, 0.25) is 0 Å². The number of rotatable bonds is 12. The maximum Gasteiger partial charge on any atom is 0.339 e. The lowest BCUT2D eigenvalue weighted by atomic mass is 10.0. The van der Waals surface area contributed by atoms with E-state index in [1.807, 2.05) is 0 Å². The third kappa shape index (κ3) is 12.3. The Bertz CT molecular complexity index is 397. The Labute approximate surface area is 139 Å². The van der Waals surface area contributed by atoms with Gasteiger partial charge in [-0.25, -0.2) is 0 Å². The summed E-state index contributed by atoms with van der Waals surface area (Å²) in [4.78, 5) is 39.9. The van der Waals surface area contributed by atoms with E-state index in [0.717, 1.165) is 26.1 Å². The maximum absolute atomic E-state index is 11.2. The van der Waals surface area contributed by atoms with Crippen molar-refractivity contribution in [3.8, 4) is 0 Å². The van der Waals surface area contributed by atoms with Gasteiger partial charge in [0.1, 0.15) is 12.6 Å². The number of hydrogen-bond acceptors (Lipinski definition) is 4. The second kappa shape index (κ2) is 10.3. The van der Waals surface area contributed by atoms with E-state index in [1.54, 1.807) is 6.92 Å². The monoisotopic (exact) mass is 374 g/mol. The van der Waals surface area contributed by atoms with E-state index < -0.39 is 27.8 Å². The zero-order valence-electron chi connectivity index (χ0n) is 14.5. The molecule has 0 aliphatic rings. The molecule has 4 N–H and O–H groups in total. The number of hydrogen-bond donors (Lipinski definition) is 4. The number of nitrogens with zero attached hydrogens (tertiary/aromatic N) is 2. The predicted molar refractivity (Wildman–Crippen MR) is 91.3 cm³/mol. The molecule has 0 aliphatic carbocycles. The van der Waals surface area contributed by atoms with Crippen molar-refractivity contribution in [1.82, 2.24) is 9.80 Å². The van der Waals surface area contributed by atoms with Crippen molar-refractivity contribution in [2.75, 3.05) is 32.2 Å². The van der Waals surface area contributed by atoms with Crippen molar-refractivity contribution in [2.24, 2.45) is 5.92 Å². The highest BCUT2D eigenvalue weighted by Crippen LogP contribution is 2.42. The van der Waals surface area contributed by atoms with E-state index in [-0.39, 0.29) is 6.04 Å². The molecule has 8 nitrogen and oxygen atoms in total. The summed E-state index contributed by atoms with van der Waals surface area (Å²) in [5.74, 6) is 0.407. The molecule has 2 unspecified atom stereocenters. The molecular weight excluding hydrogens is 342 g/mol. The van der Waals surface area contributed by atoms with Gasteiger partial charge in [-0.2, -0.15) is 0 Å². The molecule has 0 aromatic carbocycles. The molecule has 0 saturated heterocycles. The fourth-order valence-electron chi connectivity index (χ4n) is 2.52. The summed E-state index contributed by atoms with van der Waals surface area (Å²) in [5, 5.41) is 0. The highest BCUT2D eigenvalue weighted by Gasteiger charge is 2.29. The molecule has 0 aromatic rings. The van der Waals surface area contributed by atoms with Crippen molar-refractivity contribution in [2.45, 2.75) is 46.6 Å². The van der Waals surface area contributed by atoms with Crippen LogP contribution in [0.25, 0.3) is 0 Å². The molecule has 0 aliphatic heterocycles. The maximum atomic E-state index is 11.2. The van der Waals surface area contributed by atoms with E-state index in [1.165, 1.54) is 4.90 Å². The minimum absolute atomic E-state index is 0.311. The normalized spacial score (nSPS) is 16.1. The first-order valence-corrected chi connectivity index (χ1v) is 11.5. The second-order valence-corrected chi connectivity index (χ2v) is 9.44. The van der Waals surface area contributed by atoms with Gasteiger partial charge in [-0.15, -0.1) is 0 Å². The zero-order valence-corrected chi connectivity index (χ0v) is 16.3. The molecule has 0 amide bonds. The lowest BCUT2D eigenvalue weighted by Crippen LogP contribution is -2.35. The molecule has 0 fully saturated rings. The summed E-state index contributed by atoms with van der Waals surface area (Å²) < 4.78 is 22.4. The van der Waals surface area contributed by atoms with Crippen molar-refractivity contribution >= 4 is 15.2 Å². The summed E-state index contributed by atoms with van der Waals surface area (Å²) in [6.07, 6.45) is 0.187. The van der Waals surface area contributed by atoms with Gasteiger partial charge in [-0.3, -0.25) is 14.0 Å².